The molecule has 0 aliphatic carbocycles. The number of aromatic nitrogens is 2. The number of methoxy groups -OCH3 is 1. The highest BCUT2D eigenvalue weighted by atomic mass is 19.1. The molecule has 3 aromatic rings. The third-order valence-corrected chi connectivity index (χ3v) is 3.30. The molecule has 0 unspecified atom stereocenters. The molecule has 0 saturated heterocycles. The van der Waals surface area contributed by atoms with Gasteiger partial charge in [-0.1, -0.05) is 18.2 Å². The highest BCUT2D eigenvalue weighted by Gasteiger charge is 2.15. The number of benzene rings is 2. The molecule has 1 heterocycles. The van der Waals surface area contributed by atoms with E-state index in [4.69, 9.17) is 9.15 Å². The standard InChI is InChI=1S/C17H14FN3O3/c1-23-14-7-5-11(6-8-14)10-19-15(22)17-21-20-16(24-17)12-3-2-4-13(18)9-12/h2-9H,10H2,1H3,(H,19,22). The van der Waals surface area contributed by atoms with Crippen LogP contribution in [0.5, 0.6) is 5.75 Å². The van der Waals surface area contributed by atoms with E-state index in [1.165, 1.54) is 18.2 Å². The van der Waals surface area contributed by atoms with Crippen LogP contribution in [0.15, 0.2) is 52.9 Å². The summed E-state index contributed by atoms with van der Waals surface area (Å²) in [7, 11) is 1.59. The van der Waals surface area contributed by atoms with E-state index in [2.05, 4.69) is 15.5 Å². The van der Waals surface area contributed by atoms with E-state index >= 15 is 0 Å². The van der Waals surface area contributed by atoms with Gasteiger partial charge in [-0.05, 0) is 35.9 Å². The zero-order chi connectivity index (χ0) is 16.9. The SMILES string of the molecule is COc1ccc(CNC(=O)c2nnc(-c3cccc(F)c3)o2)cc1. The molecule has 24 heavy (non-hydrogen) atoms. The second kappa shape index (κ2) is 6.91. The molecule has 0 fully saturated rings. The van der Waals surface area contributed by atoms with Gasteiger partial charge in [0.15, 0.2) is 0 Å². The molecule has 1 N–H and O–H groups in total. The van der Waals surface area contributed by atoms with Crippen molar-refractivity contribution in [3.8, 4) is 17.2 Å². The molecule has 0 atom stereocenters. The minimum atomic E-state index is -0.499. The van der Waals surface area contributed by atoms with E-state index < -0.39 is 11.7 Å². The smallest absolute Gasteiger partial charge is 0.309 e. The largest absolute Gasteiger partial charge is 0.497 e. The molecule has 3 rings (SSSR count). The van der Waals surface area contributed by atoms with Crippen molar-refractivity contribution in [2.45, 2.75) is 6.54 Å². The van der Waals surface area contributed by atoms with Crippen LogP contribution in [0.25, 0.3) is 11.5 Å². The number of carbonyl (C=O) groups is 1. The highest BCUT2D eigenvalue weighted by Crippen LogP contribution is 2.18. The summed E-state index contributed by atoms with van der Waals surface area (Å²) < 4.78 is 23.6. The van der Waals surface area contributed by atoms with Gasteiger partial charge in [-0.15, -0.1) is 10.2 Å². The van der Waals surface area contributed by atoms with Crippen LogP contribution >= 0.6 is 0 Å². The fourth-order valence-corrected chi connectivity index (χ4v) is 2.05. The Balaban J connectivity index is 1.65. The Kier molecular flexibility index (Phi) is 4.51. The van der Waals surface area contributed by atoms with Crippen molar-refractivity contribution in [3.05, 3.63) is 65.8 Å². The van der Waals surface area contributed by atoms with Gasteiger partial charge in [0.2, 0.25) is 5.89 Å². The molecule has 0 aliphatic heterocycles. The third-order valence-electron chi connectivity index (χ3n) is 3.30. The number of rotatable bonds is 5. The molecule has 0 bridgehead atoms. The number of amides is 1. The third kappa shape index (κ3) is 3.57. The van der Waals surface area contributed by atoms with Crippen molar-refractivity contribution in [2.75, 3.05) is 7.11 Å². The molecular weight excluding hydrogens is 313 g/mol. The number of carbonyl (C=O) groups excluding carboxylic acids is 1. The summed E-state index contributed by atoms with van der Waals surface area (Å²) in [6, 6.07) is 13.0. The van der Waals surface area contributed by atoms with Gasteiger partial charge in [0.25, 0.3) is 0 Å². The second-order valence-electron chi connectivity index (χ2n) is 4.95. The van der Waals surface area contributed by atoms with Crippen molar-refractivity contribution in [1.82, 2.24) is 15.5 Å². The summed E-state index contributed by atoms with van der Waals surface area (Å²) in [5.74, 6) is -0.272. The lowest BCUT2D eigenvalue weighted by Crippen LogP contribution is -2.23. The lowest BCUT2D eigenvalue weighted by molar-refractivity contribution is 0.0917. The average Bonchev–Trinajstić information content (AvgIpc) is 3.10. The van der Waals surface area contributed by atoms with Crippen LogP contribution in [0.1, 0.15) is 16.2 Å². The van der Waals surface area contributed by atoms with Gasteiger partial charge in [0, 0.05) is 12.1 Å². The normalized spacial score (nSPS) is 10.4. The van der Waals surface area contributed by atoms with Gasteiger partial charge in [0.1, 0.15) is 11.6 Å². The average molecular weight is 327 g/mol. The van der Waals surface area contributed by atoms with Crippen LogP contribution in [-0.2, 0) is 6.54 Å². The Bertz CT molecular complexity index is 846. The Labute approximate surface area is 137 Å². The zero-order valence-corrected chi connectivity index (χ0v) is 12.8. The fraction of sp³-hybridized carbons (Fsp3) is 0.118. The molecule has 122 valence electrons. The number of ether oxygens (including phenoxy) is 1. The summed E-state index contributed by atoms with van der Waals surface area (Å²) in [5.41, 5.74) is 1.31. The summed E-state index contributed by atoms with van der Waals surface area (Å²) in [4.78, 5) is 12.0. The highest BCUT2D eigenvalue weighted by molar-refractivity contribution is 5.89. The van der Waals surface area contributed by atoms with E-state index in [9.17, 15) is 9.18 Å². The van der Waals surface area contributed by atoms with Crippen LogP contribution in [0.4, 0.5) is 4.39 Å². The second-order valence-corrected chi connectivity index (χ2v) is 4.95. The van der Waals surface area contributed by atoms with Crippen LogP contribution in [0.3, 0.4) is 0 Å². The molecule has 0 spiro atoms. The number of nitrogens with one attached hydrogen (secondary N) is 1. The van der Waals surface area contributed by atoms with Gasteiger partial charge in [-0.3, -0.25) is 4.79 Å². The molecule has 1 aromatic heterocycles. The number of nitrogens with zero attached hydrogens (tertiary/aromatic N) is 2. The number of halogens is 1. The Hall–Kier alpha value is -3.22. The first kappa shape index (κ1) is 15.7. The molecular formula is C17H14FN3O3. The van der Waals surface area contributed by atoms with Crippen LogP contribution in [0, 0.1) is 5.82 Å². The summed E-state index contributed by atoms with van der Waals surface area (Å²) in [6.07, 6.45) is 0. The summed E-state index contributed by atoms with van der Waals surface area (Å²) in [6.45, 7) is 0.306. The van der Waals surface area contributed by atoms with Crippen molar-refractivity contribution >= 4 is 5.91 Å². The minimum Gasteiger partial charge on any atom is -0.497 e. The quantitative estimate of drug-likeness (QED) is 0.780. The van der Waals surface area contributed by atoms with Crippen LogP contribution in [-0.4, -0.2) is 23.2 Å². The molecule has 0 aliphatic rings. The van der Waals surface area contributed by atoms with Gasteiger partial charge in [-0.2, -0.15) is 0 Å². The molecule has 7 heteroatoms. The molecule has 0 saturated carbocycles. The van der Waals surface area contributed by atoms with Gasteiger partial charge < -0.3 is 14.5 Å². The first-order valence-corrected chi connectivity index (χ1v) is 7.16. The van der Waals surface area contributed by atoms with Crippen LogP contribution in [0.2, 0.25) is 0 Å². The predicted molar refractivity (Wildman–Crippen MR) is 83.9 cm³/mol. The van der Waals surface area contributed by atoms with Gasteiger partial charge in [-0.25, -0.2) is 4.39 Å². The fourth-order valence-electron chi connectivity index (χ4n) is 2.05. The van der Waals surface area contributed by atoms with E-state index in [1.54, 1.807) is 25.3 Å². The Morgan fingerprint density at radius 2 is 2.00 bits per heavy atom. The first-order chi connectivity index (χ1) is 11.7. The topological polar surface area (TPSA) is 77.2 Å². The Morgan fingerprint density at radius 1 is 1.21 bits per heavy atom. The predicted octanol–water partition coefficient (Wildman–Crippen LogP) is 2.81. The molecule has 1 amide bonds. The van der Waals surface area contributed by atoms with Crippen molar-refractivity contribution in [2.24, 2.45) is 0 Å². The zero-order valence-electron chi connectivity index (χ0n) is 12.8. The van der Waals surface area contributed by atoms with E-state index in [0.717, 1.165) is 11.3 Å². The molecule has 0 radical (unpaired) electrons. The maximum Gasteiger partial charge on any atom is 0.309 e. The summed E-state index contributed by atoms with van der Waals surface area (Å²) in [5, 5.41) is 10.1. The van der Waals surface area contributed by atoms with Crippen molar-refractivity contribution < 1.29 is 18.3 Å². The lowest BCUT2D eigenvalue weighted by atomic mass is 10.2. The molecule has 2 aromatic carbocycles. The lowest BCUT2D eigenvalue weighted by Gasteiger charge is -2.04. The Morgan fingerprint density at radius 3 is 2.71 bits per heavy atom. The maximum atomic E-state index is 13.2. The van der Waals surface area contributed by atoms with E-state index in [1.807, 2.05) is 12.1 Å². The van der Waals surface area contributed by atoms with Gasteiger partial charge in [0.05, 0.1) is 7.11 Å². The van der Waals surface area contributed by atoms with Crippen molar-refractivity contribution in [1.29, 1.82) is 0 Å². The number of hydrogen-bond acceptors (Lipinski definition) is 5. The van der Waals surface area contributed by atoms with Crippen molar-refractivity contribution in [3.63, 3.8) is 0 Å². The number of hydrogen-bond donors (Lipinski definition) is 1. The monoisotopic (exact) mass is 327 g/mol. The van der Waals surface area contributed by atoms with E-state index in [0.29, 0.717) is 12.1 Å². The minimum absolute atomic E-state index is 0.0871. The molecule has 6 nitrogen and oxygen atoms in total. The van der Waals surface area contributed by atoms with Crippen LogP contribution < -0.4 is 10.1 Å². The first-order valence-electron chi connectivity index (χ1n) is 7.16. The summed E-state index contributed by atoms with van der Waals surface area (Å²) >= 11 is 0. The van der Waals surface area contributed by atoms with E-state index in [-0.39, 0.29) is 11.8 Å². The van der Waals surface area contributed by atoms with Gasteiger partial charge >= 0.3 is 11.8 Å². The maximum absolute atomic E-state index is 13.2.